The predicted molar refractivity (Wildman–Crippen MR) is 132 cm³/mol. The normalized spacial score (nSPS) is 21.1. The molecule has 0 saturated carbocycles. The van der Waals surface area contributed by atoms with Gasteiger partial charge >= 0.3 is 0 Å². The summed E-state index contributed by atoms with van der Waals surface area (Å²) in [5, 5.41) is 15.1. The summed E-state index contributed by atoms with van der Waals surface area (Å²) in [5.41, 5.74) is 11.0. The van der Waals surface area contributed by atoms with Crippen LogP contribution in [0.1, 0.15) is 40.7 Å². The number of allylic oxidation sites excluding steroid dienone is 3. The zero-order chi connectivity index (χ0) is 23.3. The van der Waals surface area contributed by atoms with Crippen molar-refractivity contribution in [3.63, 3.8) is 0 Å². The molecule has 3 aromatic rings. The Hall–Kier alpha value is -3.40. The van der Waals surface area contributed by atoms with Crippen LogP contribution in [0.5, 0.6) is 0 Å². The maximum Gasteiger partial charge on any atom is 0.162 e. The van der Waals surface area contributed by atoms with Gasteiger partial charge in [-0.2, -0.15) is 5.26 Å². The number of carbonyl (C=O) groups is 1. The van der Waals surface area contributed by atoms with Crippen molar-refractivity contribution in [2.45, 2.75) is 31.6 Å². The van der Waals surface area contributed by atoms with Crippen molar-refractivity contribution < 1.29 is 4.79 Å². The Bertz CT molecular complexity index is 1360. The number of carbonyl (C=O) groups excluding carboxylic acids is 1. The fraction of sp³-hybridized carbons (Fsp3) is 0.259. The maximum atomic E-state index is 13.8. The van der Waals surface area contributed by atoms with Crippen molar-refractivity contribution in [3.8, 4) is 6.07 Å². The lowest BCUT2D eigenvalue weighted by Crippen LogP contribution is -2.46. The molecule has 1 aliphatic heterocycles. The van der Waals surface area contributed by atoms with E-state index in [1.165, 1.54) is 0 Å². The summed E-state index contributed by atoms with van der Waals surface area (Å²) in [7, 11) is 3.79. The number of nitrogens with zero attached hydrogens (tertiary/aromatic N) is 3. The topological polar surface area (TPSA) is 73.4 Å². The first-order chi connectivity index (χ1) is 15.9. The number of aryl methyl sites for hydroxylation is 1. The van der Waals surface area contributed by atoms with Crippen molar-refractivity contribution in [2.75, 3.05) is 14.1 Å². The molecule has 0 fully saturated rings. The molecule has 0 unspecified atom stereocenters. The van der Waals surface area contributed by atoms with Gasteiger partial charge in [0.25, 0.3) is 0 Å². The molecule has 5 nitrogen and oxygen atoms in total. The van der Waals surface area contributed by atoms with E-state index in [-0.39, 0.29) is 11.7 Å². The number of rotatable bonds is 3. The molecule has 2 aliphatic rings. The number of Topliss-reactive ketones (excluding diaryl/α,β-unsaturated/α-hetero) is 1. The maximum absolute atomic E-state index is 13.8. The third-order valence-electron chi connectivity index (χ3n) is 6.75. The van der Waals surface area contributed by atoms with E-state index in [4.69, 9.17) is 5.73 Å². The molecule has 0 saturated heterocycles. The Labute approximate surface area is 198 Å². The molecule has 6 heteroatoms. The Balaban J connectivity index is 1.73. The third-order valence-corrected chi connectivity index (χ3v) is 8.09. The van der Waals surface area contributed by atoms with Gasteiger partial charge in [0.15, 0.2) is 5.78 Å². The Morgan fingerprint density at radius 3 is 2.45 bits per heavy atom. The van der Waals surface area contributed by atoms with Gasteiger partial charge in [-0.15, -0.1) is 11.3 Å². The Morgan fingerprint density at radius 1 is 1.09 bits per heavy atom. The van der Waals surface area contributed by atoms with Gasteiger partial charge < -0.3 is 5.73 Å². The average molecular weight is 455 g/mol. The van der Waals surface area contributed by atoms with E-state index >= 15 is 0 Å². The lowest BCUT2D eigenvalue weighted by molar-refractivity contribution is -0.117. The van der Waals surface area contributed by atoms with Crippen LogP contribution < -0.4 is 5.73 Å². The van der Waals surface area contributed by atoms with Crippen LogP contribution in [0.4, 0.5) is 0 Å². The Morgan fingerprint density at radius 2 is 1.79 bits per heavy atom. The zero-order valence-electron chi connectivity index (χ0n) is 19.0. The molecule has 166 valence electrons. The summed E-state index contributed by atoms with van der Waals surface area (Å²) in [6.07, 6.45) is 1.13. The molecule has 33 heavy (non-hydrogen) atoms. The lowest BCUT2D eigenvalue weighted by Gasteiger charge is -2.43. The first kappa shape index (κ1) is 21.4. The van der Waals surface area contributed by atoms with Crippen LogP contribution in [0.15, 0.2) is 77.3 Å². The van der Waals surface area contributed by atoms with Crippen molar-refractivity contribution >= 4 is 27.2 Å². The van der Waals surface area contributed by atoms with Crippen LogP contribution in [0.3, 0.4) is 0 Å². The van der Waals surface area contributed by atoms with Gasteiger partial charge in [0.2, 0.25) is 0 Å². The summed E-state index contributed by atoms with van der Waals surface area (Å²) in [5.74, 6) is 0.159. The highest BCUT2D eigenvalue weighted by molar-refractivity contribution is 7.19. The molecule has 2 N–H and O–H groups in total. The van der Waals surface area contributed by atoms with E-state index in [0.29, 0.717) is 24.2 Å². The van der Waals surface area contributed by atoms with E-state index in [1.807, 2.05) is 54.4 Å². The number of fused-ring (bicyclic) bond motifs is 1. The van der Waals surface area contributed by atoms with Crippen molar-refractivity contribution in [3.05, 3.63) is 93.3 Å². The minimum Gasteiger partial charge on any atom is -0.383 e. The second-order valence-corrected chi connectivity index (χ2v) is 9.97. The van der Waals surface area contributed by atoms with Crippen LogP contribution in [0.25, 0.3) is 10.1 Å². The molecule has 2 atom stereocenters. The van der Waals surface area contributed by atoms with Crippen molar-refractivity contribution in [1.29, 1.82) is 5.26 Å². The number of benzene rings is 2. The minimum atomic E-state index is -0.428. The smallest absolute Gasteiger partial charge is 0.162 e. The van der Waals surface area contributed by atoms with Gasteiger partial charge in [-0.05, 0) is 41.8 Å². The molecule has 2 heterocycles. The Kier molecular flexibility index (Phi) is 5.32. The van der Waals surface area contributed by atoms with Crippen molar-refractivity contribution in [1.82, 2.24) is 10.0 Å². The average Bonchev–Trinajstić information content (AvgIpc) is 3.14. The van der Waals surface area contributed by atoms with E-state index in [2.05, 4.69) is 37.3 Å². The molecule has 1 aliphatic carbocycles. The summed E-state index contributed by atoms with van der Waals surface area (Å²) >= 11 is 1.66. The number of hydrazine groups is 1. The van der Waals surface area contributed by atoms with Crippen LogP contribution in [-0.4, -0.2) is 29.9 Å². The predicted octanol–water partition coefficient (Wildman–Crippen LogP) is 5.18. The van der Waals surface area contributed by atoms with Crippen LogP contribution >= 0.6 is 11.3 Å². The van der Waals surface area contributed by atoms with Gasteiger partial charge in [0, 0.05) is 41.4 Å². The standard InChI is InChI=1S/C27H26N4OS/c1-16-19-11-7-8-12-23(19)33-26(16)24-20(15-28)27(29)31(30(2)3)21-13-18(14-22(32)25(21)24)17-9-5-4-6-10-17/h4-12,18,24H,13-14,29H2,1-3H3/t18-,24-/m0/s1. The van der Waals surface area contributed by atoms with Gasteiger partial charge in [0.1, 0.15) is 5.82 Å². The molecule has 0 spiro atoms. The first-order valence-electron chi connectivity index (χ1n) is 11.1. The number of hydrogen-bond acceptors (Lipinski definition) is 6. The highest BCUT2D eigenvalue weighted by atomic mass is 32.1. The molecule has 5 rings (SSSR count). The third kappa shape index (κ3) is 3.36. The van der Waals surface area contributed by atoms with Gasteiger partial charge in [-0.1, -0.05) is 48.5 Å². The fourth-order valence-corrected chi connectivity index (χ4v) is 6.59. The summed E-state index contributed by atoms with van der Waals surface area (Å²) < 4.78 is 1.16. The van der Waals surface area contributed by atoms with Gasteiger partial charge in [-0.3, -0.25) is 9.80 Å². The highest BCUT2D eigenvalue weighted by Crippen LogP contribution is 2.51. The lowest BCUT2D eigenvalue weighted by atomic mass is 9.73. The van der Waals surface area contributed by atoms with Crippen molar-refractivity contribution in [2.24, 2.45) is 5.73 Å². The van der Waals surface area contributed by atoms with E-state index in [0.717, 1.165) is 37.4 Å². The van der Waals surface area contributed by atoms with E-state index in [9.17, 15) is 10.1 Å². The molecule has 2 aromatic carbocycles. The molecule has 0 radical (unpaired) electrons. The van der Waals surface area contributed by atoms with E-state index in [1.54, 1.807) is 11.3 Å². The van der Waals surface area contributed by atoms with Gasteiger partial charge in [-0.25, -0.2) is 5.01 Å². The molecular formula is C27H26N4OS. The van der Waals surface area contributed by atoms with Crippen LogP contribution in [0.2, 0.25) is 0 Å². The first-order valence-corrected chi connectivity index (χ1v) is 11.9. The number of nitrogens with two attached hydrogens (primary N) is 1. The quantitative estimate of drug-likeness (QED) is 0.590. The molecule has 0 amide bonds. The number of nitriles is 1. The largest absolute Gasteiger partial charge is 0.383 e. The minimum absolute atomic E-state index is 0.0838. The molecular weight excluding hydrogens is 428 g/mol. The fourth-order valence-electron chi connectivity index (χ4n) is 5.26. The monoisotopic (exact) mass is 454 g/mol. The zero-order valence-corrected chi connectivity index (χ0v) is 19.8. The van der Waals surface area contributed by atoms with E-state index < -0.39 is 5.92 Å². The number of thiophene rings is 1. The van der Waals surface area contributed by atoms with Crippen LogP contribution in [0, 0.1) is 18.3 Å². The summed E-state index contributed by atoms with van der Waals surface area (Å²) in [6, 6.07) is 20.8. The molecule has 0 bridgehead atoms. The van der Waals surface area contributed by atoms with Gasteiger partial charge in [0.05, 0.1) is 17.6 Å². The number of ketones is 1. The second-order valence-electron chi connectivity index (χ2n) is 8.89. The summed E-state index contributed by atoms with van der Waals surface area (Å²) in [4.78, 5) is 14.8. The summed E-state index contributed by atoms with van der Waals surface area (Å²) in [6.45, 7) is 2.08. The highest BCUT2D eigenvalue weighted by Gasteiger charge is 2.44. The SMILES string of the molecule is Cc1c([C@H]2C(C#N)=C(N)N(N(C)C)C3=C2C(=O)C[C@@H](c2ccccc2)C3)sc2ccccc12. The molecule has 1 aromatic heterocycles. The van der Waals surface area contributed by atoms with Crippen LogP contribution in [-0.2, 0) is 4.79 Å². The number of hydrogen-bond donors (Lipinski definition) is 1. The second kappa shape index (κ2) is 8.18.